The Balaban J connectivity index is 3.10. The van der Waals surface area contributed by atoms with Crippen LogP contribution in [0.1, 0.15) is 16.7 Å². The van der Waals surface area contributed by atoms with Gasteiger partial charge >= 0.3 is 0 Å². The lowest BCUT2D eigenvalue weighted by molar-refractivity contribution is 1.24. The number of benzene rings is 1. The second-order valence-corrected chi connectivity index (χ2v) is 7.74. The van der Waals surface area contributed by atoms with E-state index in [-0.39, 0.29) is 0 Å². The maximum atomic E-state index is 6.04. The van der Waals surface area contributed by atoms with Crippen LogP contribution in [0.5, 0.6) is 0 Å². The maximum Gasteiger partial charge on any atom is 0.278 e. The average Bonchev–Trinajstić information content (AvgIpc) is 2.05. The van der Waals surface area contributed by atoms with Gasteiger partial charge in [0.05, 0.1) is 0 Å². The summed E-state index contributed by atoms with van der Waals surface area (Å²) >= 11 is 17.7. The molecule has 1 rings (SSSR count). The summed E-state index contributed by atoms with van der Waals surface area (Å²) in [4.78, 5) is 0. The first-order chi connectivity index (χ1) is 6.02. The highest BCUT2D eigenvalue weighted by Gasteiger charge is 2.12. The van der Waals surface area contributed by atoms with Crippen LogP contribution < -0.4 is 0 Å². The molecule has 0 aliphatic carbocycles. The van der Waals surface area contributed by atoms with Crippen LogP contribution in [0.4, 0.5) is 0 Å². The Morgan fingerprint density at radius 3 is 2.38 bits per heavy atom. The van der Waals surface area contributed by atoms with Crippen molar-refractivity contribution in [3.8, 4) is 0 Å². The smallest absolute Gasteiger partial charge is 0.146 e. The zero-order valence-electron chi connectivity index (χ0n) is 7.50. The Morgan fingerprint density at radius 1 is 1.23 bits per heavy atom. The van der Waals surface area contributed by atoms with Crippen molar-refractivity contribution >= 4 is 41.2 Å². The van der Waals surface area contributed by atoms with Crippen molar-refractivity contribution < 1.29 is 0 Å². The highest BCUT2D eigenvalue weighted by molar-refractivity contribution is 7.33. The van der Waals surface area contributed by atoms with Crippen molar-refractivity contribution in [2.75, 3.05) is 0 Å². The van der Waals surface area contributed by atoms with E-state index in [0.29, 0.717) is 6.04 Å². The van der Waals surface area contributed by atoms with E-state index >= 15 is 0 Å². The first-order valence-corrected chi connectivity index (χ1v) is 8.04. The van der Waals surface area contributed by atoms with Gasteiger partial charge in [-0.2, -0.15) is 0 Å². The molecule has 1 radical (unpaired) electrons. The lowest BCUT2D eigenvalue weighted by Crippen LogP contribution is -2.03. The fourth-order valence-electron chi connectivity index (χ4n) is 1.19. The number of hydrogen-bond acceptors (Lipinski definition) is 0. The third-order valence-corrected chi connectivity index (χ3v) is 3.90. The third-order valence-electron chi connectivity index (χ3n) is 2.12. The monoisotopic (exact) mass is 251 g/mol. The van der Waals surface area contributed by atoms with Gasteiger partial charge in [-0.25, -0.2) is 0 Å². The van der Waals surface area contributed by atoms with Gasteiger partial charge in [-0.15, -0.1) is 22.2 Å². The first-order valence-electron chi connectivity index (χ1n) is 3.93. The Kier molecular flexibility index (Phi) is 4.11. The molecule has 4 heteroatoms. The van der Waals surface area contributed by atoms with E-state index in [0.717, 1.165) is 10.6 Å². The molecule has 0 aliphatic heterocycles. The van der Waals surface area contributed by atoms with E-state index in [1.54, 1.807) is 0 Å². The molecule has 0 N–H and O–H groups in total. The van der Waals surface area contributed by atoms with Gasteiger partial charge in [0, 0.05) is 5.02 Å². The Hall–Kier alpha value is 0.307. The predicted octanol–water partition coefficient (Wildman–Crippen LogP) is 4.00. The molecule has 0 unspecified atom stereocenters. The Labute approximate surface area is 94.8 Å². The number of rotatable bonds is 2. The van der Waals surface area contributed by atoms with Crippen LogP contribution in [0, 0.1) is 13.8 Å². The van der Waals surface area contributed by atoms with E-state index in [9.17, 15) is 0 Å². The summed E-state index contributed by atoms with van der Waals surface area (Å²) in [5.41, 5.74) is 3.54. The Morgan fingerprint density at radius 2 is 1.85 bits per heavy atom. The quantitative estimate of drug-likeness (QED) is 0.551. The summed E-state index contributed by atoms with van der Waals surface area (Å²) < 4.78 is 0. The zero-order valence-corrected chi connectivity index (χ0v) is 10.8. The molecule has 0 fully saturated rings. The van der Waals surface area contributed by atoms with Crippen molar-refractivity contribution in [3.05, 3.63) is 33.8 Å². The topological polar surface area (TPSA) is 0 Å². The van der Waals surface area contributed by atoms with Gasteiger partial charge in [-0.3, -0.25) is 0 Å². The first kappa shape index (κ1) is 11.4. The second-order valence-electron chi connectivity index (χ2n) is 2.98. The SMILES string of the molecule is Cc1ccc(Cl)c(C[Si](Cl)Cl)c1C. The molecular weight excluding hydrogens is 243 g/mol. The van der Waals surface area contributed by atoms with Gasteiger partial charge in [0.25, 0.3) is 7.42 Å². The molecule has 71 valence electrons. The molecule has 13 heavy (non-hydrogen) atoms. The summed E-state index contributed by atoms with van der Waals surface area (Å²) in [6, 6.07) is 4.62. The molecule has 0 bridgehead atoms. The fourth-order valence-corrected chi connectivity index (χ4v) is 3.10. The molecule has 1 aromatic carbocycles. The fraction of sp³-hybridized carbons (Fsp3) is 0.333. The van der Waals surface area contributed by atoms with E-state index < -0.39 is 7.42 Å². The summed E-state index contributed by atoms with van der Waals surface area (Å²) in [7, 11) is -1.29. The van der Waals surface area contributed by atoms with Crippen LogP contribution in [0.2, 0.25) is 5.02 Å². The van der Waals surface area contributed by atoms with Gasteiger partial charge in [0.2, 0.25) is 0 Å². The third kappa shape index (κ3) is 2.88. The summed E-state index contributed by atoms with van der Waals surface area (Å²) in [5.74, 6) is 0. The standard InChI is InChI=1S/C9H10Cl3Si/c1-6-3-4-9(10)8(7(6)2)5-13(11)12/h3-4H,5H2,1-2H3. The molecule has 0 saturated carbocycles. The van der Waals surface area contributed by atoms with Crippen LogP contribution in [0.15, 0.2) is 12.1 Å². The van der Waals surface area contributed by atoms with Crippen LogP contribution in [0.3, 0.4) is 0 Å². The van der Waals surface area contributed by atoms with Gasteiger partial charge < -0.3 is 0 Å². The van der Waals surface area contributed by atoms with Crippen LogP contribution in [-0.2, 0) is 6.04 Å². The van der Waals surface area contributed by atoms with Gasteiger partial charge in [0.1, 0.15) is 0 Å². The van der Waals surface area contributed by atoms with E-state index in [2.05, 4.69) is 13.8 Å². The molecule has 0 saturated heterocycles. The minimum atomic E-state index is -1.29. The molecule has 0 heterocycles. The lowest BCUT2D eigenvalue weighted by atomic mass is 10.0. The molecule has 0 atom stereocenters. The number of hydrogen-bond donors (Lipinski definition) is 0. The second kappa shape index (κ2) is 4.69. The number of halogens is 3. The van der Waals surface area contributed by atoms with Crippen LogP contribution >= 0.6 is 33.8 Å². The van der Waals surface area contributed by atoms with Gasteiger partial charge in [-0.1, -0.05) is 17.7 Å². The largest absolute Gasteiger partial charge is 0.278 e. The Bertz CT molecular complexity index is 310. The van der Waals surface area contributed by atoms with Gasteiger partial charge in [-0.05, 0) is 42.6 Å². The minimum absolute atomic E-state index is 0.708. The molecular formula is C9H10Cl3Si. The lowest BCUT2D eigenvalue weighted by Gasteiger charge is -2.10. The van der Waals surface area contributed by atoms with E-state index in [4.69, 9.17) is 33.8 Å². The van der Waals surface area contributed by atoms with Crippen LogP contribution in [-0.4, -0.2) is 7.42 Å². The van der Waals surface area contributed by atoms with Crippen molar-refractivity contribution in [1.82, 2.24) is 0 Å². The zero-order chi connectivity index (χ0) is 10.0. The minimum Gasteiger partial charge on any atom is -0.146 e. The molecule has 0 aromatic heterocycles. The van der Waals surface area contributed by atoms with E-state index in [1.807, 2.05) is 12.1 Å². The van der Waals surface area contributed by atoms with Gasteiger partial charge in [0.15, 0.2) is 0 Å². The highest BCUT2D eigenvalue weighted by Crippen LogP contribution is 2.24. The summed E-state index contributed by atoms with van der Waals surface area (Å²) in [6.07, 6.45) is 0. The van der Waals surface area contributed by atoms with Crippen molar-refractivity contribution in [2.45, 2.75) is 19.9 Å². The van der Waals surface area contributed by atoms with Crippen molar-refractivity contribution in [3.63, 3.8) is 0 Å². The normalized spacial score (nSPS) is 10.9. The molecule has 1 aromatic rings. The predicted molar refractivity (Wildman–Crippen MR) is 62.1 cm³/mol. The molecule has 0 amide bonds. The van der Waals surface area contributed by atoms with Crippen molar-refractivity contribution in [1.29, 1.82) is 0 Å². The average molecular weight is 253 g/mol. The summed E-state index contributed by atoms with van der Waals surface area (Å²) in [6.45, 7) is 4.11. The molecule has 0 nitrogen and oxygen atoms in total. The van der Waals surface area contributed by atoms with Crippen LogP contribution in [0.25, 0.3) is 0 Å². The molecule has 0 aliphatic rings. The number of aryl methyl sites for hydroxylation is 1. The van der Waals surface area contributed by atoms with E-state index in [1.165, 1.54) is 11.1 Å². The maximum absolute atomic E-state index is 6.04. The highest BCUT2D eigenvalue weighted by atomic mass is 35.7. The van der Waals surface area contributed by atoms with Crippen molar-refractivity contribution in [2.24, 2.45) is 0 Å². The molecule has 0 spiro atoms. The summed E-state index contributed by atoms with van der Waals surface area (Å²) in [5, 5.41) is 0.770.